The van der Waals surface area contributed by atoms with E-state index >= 15 is 0 Å². The lowest BCUT2D eigenvalue weighted by Crippen LogP contribution is -2.24. The number of amides is 1. The van der Waals surface area contributed by atoms with E-state index in [4.69, 9.17) is 9.47 Å². The minimum Gasteiger partial charge on any atom is -0.493 e. The summed E-state index contributed by atoms with van der Waals surface area (Å²) in [7, 11) is 3.11. The zero-order valence-electron chi connectivity index (χ0n) is 18.4. The van der Waals surface area contributed by atoms with Gasteiger partial charge in [-0.05, 0) is 60.5 Å². The number of carbonyl (C=O) groups is 1. The molecular formula is C24H22FN5O3. The van der Waals surface area contributed by atoms with Crippen LogP contribution in [0, 0.1) is 12.7 Å². The lowest BCUT2D eigenvalue weighted by Gasteiger charge is -2.11. The van der Waals surface area contributed by atoms with Gasteiger partial charge in [-0.2, -0.15) is 0 Å². The number of halogens is 1. The van der Waals surface area contributed by atoms with Gasteiger partial charge in [0, 0.05) is 24.5 Å². The molecule has 1 N–H and O–H groups in total. The van der Waals surface area contributed by atoms with Crippen molar-refractivity contribution in [2.24, 2.45) is 0 Å². The van der Waals surface area contributed by atoms with Crippen molar-refractivity contribution in [2.75, 3.05) is 14.2 Å². The Kier molecular flexibility index (Phi) is 6.30. The molecule has 4 rings (SSSR count). The number of rotatable bonds is 7. The zero-order valence-corrected chi connectivity index (χ0v) is 18.4. The third kappa shape index (κ3) is 4.52. The number of nitrogens with zero attached hydrogens (tertiary/aromatic N) is 4. The Morgan fingerprint density at radius 2 is 1.79 bits per heavy atom. The monoisotopic (exact) mass is 447 g/mol. The highest BCUT2D eigenvalue weighted by atomic mass is 19.1. The van der Waals surface area contributed by atoms with Crippen LogP contribution in [-0.4, -0.2) is 40.1 Å². The van der Waals surface area contributed by atoms with Crippen LogP contribution in [0.4, 0.5) is 4.39 Å². The average Bonchev–Trinajstić information content (AvgIpc) is 3.30. The van der Waals surface area contributed by atoms with Crippen LogP contribution in [-0.2, 0) is 6.54 Å². The molecule has 33 heavy (non-hydrogen) atoms. The molecule has 8 nitrogen and oxygen atoms in total. The van der Waals surface area contributed by atoms with Crippen LogP contribution in [0.2, 0.25) is 0 Å². The lowest BCUT2D eigenvalue weighted by atomic mass is 10.1. The van der Waals surface area contributed by atoms with Crippen LogP contribution in [0.25, 0.3) is 16.9 Å². The van der Waals surface area contributed by atoms with Gasteiger partial charge in [-0.25, -0.2) is 9.07 Å². The van der Waals surface area contributed by atoms with Gasteiger partial charge < -0.3 is 14.8 Å². The number of hydrogen-bond acceptors (Lipinski definition) is 6. The van der Waals surface area contributed by atoms with E-state index in [0.717, 1.165) is 5.56 Å². The molecule has 0 fully saturated rings. The highest BCUT2D eigenvalue weighted by Gasteiger charge is 2.22. The van der Waals surface area contributed by atoms with E-state index < -0.39 is 5.91 Å². The number of methoxy groups -OCH3 is 2. The number of benzene rings is 2. The summed E-state index contributed by atoms with van der Waals surface area (Å²) in [5.41, 5.74) is 3.20. The van der Waals surface area contributed by atoms with Gasteiger partial charge in [0.25, 0.3) is 5.91 Å². The van der Waals surface area contributed by atoms with Crippen molar-refractivity contribution in [3.63, 3.8) is 0 Å². The first-order valence-electron chi connectivity index (χ1n) is 10.1. The first-order valence-corrected chi connectivity index (χ1v) is 10.1. The summed E-state index contributed by atoms with van der Waals surface area (Å²) in [6.45, 7) is 1.91. The van der Waals surface area contributed by atoms with Crippen LogP contribution in [0.5, 0.6) is 11.5 Å². The Hall–Kier alpha value is -4.27. The molecule has 0 atom stereocenters. The molecule has 0 unspecified atom stereocenters. The van der Waals surface area contributed by atoms with Crippen molar-refractivity contribution in [1.82, 2.24) is 25.3 Å². The Labute approximate surface area is 190 Å². The number of nitrogens with one attached hydrogen (secondary N) is 1. The summed E-state index contributed by atoms with van der Waals surface area (Å²) < 4.78 is 25.9. The number of aryl methyl sites for hydroxylation is 1. The molecule has 0 saturated carbocycles. The second-order valence-electron chi connectivity index (χ2n) is 7.24. The van der Waals surface area contributed by atoms with Gasteiger partial charge in [0.15, 0.2) is 17.2 Å². The van der Waals surface area contributed by atoms with Crippen molar-refractivity contribution in [3.8, 4) is 28.4 Å². The summed E-state index contributed by atoms with van der Waals surface area (Å²) in [6.07, 6.45) is 3.24. The van der Waals surface area contributed by atoms with Gasteiger partial charge in [-0.1, -0.05) is 11.3 Å². The summed E-state index contributed by atoms with van der Waals surface area (Å²) >= 11 is 0. The van der Waals surface area contributed by atoms with Gasteiger partial charge in [-0.3, -0.25) is 9.78 Å². The Morgan fingerprint density at radius 3 is 2.48 bits per heavy atom. The van der Waals surface area contributed by atoms with E-state index in [1.54, 1.807) is 69.9 Å². The topological polar surface area (TPSA) is 91.2 Å². The maximum absolute atomic E-state index is 13.8. The summed E-state index contributed by atoms with van der Waals surface area (Å²) in [4.78, 5) is 17.1. The maximum atomic E-state index is 13.8. The molecule has 2 aromatic heterocycles. The predicted octanol–water partition coefficient (Wildman–Crippen LogP) is 3.72. The number of pyridine rings is 1. The smallest absolute Gasteiger partial charge is 0.274 e. The van der Waals surface area contributed by atoms with Crippen molar-refractivity contribution >= 4 is 5.91 Å². The van der Waals surface area contributed by atoms with E-state index in [0.29, 0.717) is 34.0 Å². The maximum Gasteiger partial charge on any atom is 0.274 e. The van der Waals surface area contributed by atoms with E-state index in [9.17, 15) is 9.18 Å². The zero-order chi connectivity index (χ0) is 23.4. The number of aromatic nitrogens is 4. The third-order valence-corrected chi connectivity index (χ3v) is 5.13. The molecule has 0 aliphatic rings. The van der Waals surface area contributed by atoms with Gasteiger partial charge >= 0.3 is 0 Å². The van der Waals surface area contributed by atoms with Crippen LogP contribution in [0.3, 0.4) is 0 Å². The molecule has 0 saturated heterocycles. The number of ether oxygens (including phenoxy) is 2. The first-order chi connectivity index (χ1) is 16.0. The highest BCUT2D eigenvalue weighted by molar-refractivity contribution is 5.98. The molecule has 0 spiro atoms. The molecule has 0 radical (unpaired) electrons. The largest absolute Gasteiger partial charge is 0.493 e. The van der Waals surface area contributed by atoms with Crippen LogP contribution in [0.15, 0.2) is 60.9 Å². The molecular weight excluding hydrogens is 425 g/mol. The van der Waals surface area contributed by atoms with Gasteiger partial charge in [0.2, 0.25) is 0 Å². The van der Waals surface area contributed by atoms with Crippen LogP contribution >= 0.6 is 0 Å². The van der Waals surface area contributed by atoms with Crippen molar-refractivity contribution in [3.05, 3.63) is 83.6 Å². The molecule has 0 aliphatic carbocycles. The second-order valence-corrected chi connectivity index (χ2v) is 7.24. The van der Waals surface area contributed by atoms with E-state index in [1.807, 2.05) is 6.07 Å². The van der Waals surface area contributed by atoms with Crippen LogP contribution in [0.1, 0.15) is 21.6 Å². The Bertz CT molecular complexity index is 1290. The molecule has 2 heterocycles. The molecule has 0 aliphatic heterocycles. The van der Waals surface area contributed by atoms with Crippen molar-refractivity contribution < 1.29 is 18.7 Å². The lowest BCUT2D eigenvalue weighted by molar-refractivity contribution is 0.0946. The van der Waals surface area contributed by atoms with E-state index in [-0.39, 0.29) is 18.1 Å². The van der Waals surface area contributed by atoms with Crippen molar-refractivity contribution in [1.29, 1.82) is 0 Å². The molecule has 2 aromatic carbocycles. The van der Waals surface area contributed by atoms with Gasteiger partial charge in [0.1, 0.15) is 11.5 Å². The SMILES string of the molecule is COc1ccc(CNC(=O)c2nnn(-c3ccc(F)c(C)c3)c2-c2ccncc2)cc1OC. The van der Waals surface area contributed by atoms with Gasteiger partial charge in [-0.15, -0.1) is 5.10 Å². The second kappa shape index (κ2) is 9.47. The fraction of sp³-hybridized carbons (Fsp3) is 0.167. The summed E-state index contributed by atoms with van der Waals surface area (Å²) in [5, 5.41) is 11.2. The fourth-order valence-electron chi connectivity index (χ4n) is 3.40. The minimum atomic E-state index is -0.401. The normalized spacial score (nSPS) is 10.7. The fourth-order valence-corrected chi connectivity index (χ4v) is 3.40. The molecule has 9 heteroatoms. The Morgan fingerprint density at radius 1 is 1.03 bits per heavy atom. The minimum absolute atomic E-state index is 0.142. The Balaban J connectivity index is 1.67. The molecule has 168 valence electrons. The third-order valence-electron chi connectivity index (χ3n) is 5.13. The summed E-state index contributed by atoms with van der Waals surface area (Å²) in [5.74, 6) is 0.448. The predicted molar refractivity (Wildman–Crippen MR) is 120 cm³/mol. The first kappa shape index (κ1) is 21.9. The van der Waals surface area contributed by atoms with E-state index in [2.05, 4.69) is 20.6 Å². The highest BCUT2D eigenvalue weighted by Crippen LogP contribution is 2.28. The number of carbonyl (C=O) groups excluding carboxylic acids is 1. The molecule has 1 amide bonds. The average molecular weight is 447 g/mol. The van der Waals surface area contributed by atoms with Crippen molar-refractivity contribution in [2.45, 2.75) is 13.5 Å². The van der Waals surface area contributed by atoms with E-state index in [1.165, 1.54) is 10.7 Å². The standard InChI is InChI=1S/C24H22FN5O3/c1-15-12-18(5-6-19(15)25)30-23(17-8-10-26-11-9-17)22(28-29-30)24(31)27-14-16-4-7-20(32-2)21(13-16)33-3/h4-13H,14H2,1-3H3,(H,27,31). The number of hydrogen-bond donors (Lipinski definition) is 1. The molecule has 4 aromatic rings. The quantitative estimate of drug-likeness (QED) is 0.464. The molecule has 0 bridgehead atoms. The summed E-state index contributed by atoms with van der Waals surface area (Å²) in [6, 6.07) is 13.5. The van der Waals surface area contributed by atoms with Crippen LogP contribution < -0.4 is 14.8 Å². The van der Waals surface area contributed by atoms with Gasteiger partial charge in [0.05, 0.1) is 19.9 Å².